The number of aromatic nitrogens is 4. The largest absolute Gasteiger partial charge is 0.453 e. The molecule has 4 aromatic rings. The normalized spacial score (nSPS) is 22.4. The molecule has 5 aliphatic rings. The van der Waals surface area contributed by atoms with Gasteiger partial charge in [-0.2, -0.15) is 8.78 Å². The molecule has 336 valence electrons. The predicted molar refractivity (Wildman–Crippen MR) is 235 cm³/mol. The lowest BCUT2D eigenvalue weighted by atomic mass is 9.95. The van der Waals surface area contributed by atoms with Crippen LogP contribution >= 0.6 is 0 Å². The average molecular weight is 877 g/mol. The summed E-state index contributed by atoms with van der Waals surface area (Å²) in [4.78, 5) is 72.1. The van der Waals surface area contributed by atoms with Gasteiger partial charge in [0.05, 0.1) is 48.9 Å². The molecule has 2 aromatic heterocycles. The van der Waals surface area contributed by atoms with Gasteiger partial charge < -0.3 is 39.9 Å². The number of benzene rings is 2. The van der Waals surface area contributed by atoms with E-state index in [0.717, 1.165) is 42.0 Å². The Morgan fingerprint density at radius 2 is 1.48 bits per heavy atom. The number of imidazole rings is 2. The number of carbonyl (C=O) groups excluding carboxylic acids is 4. The molecule has 0 radical (unpaired) electrons. The molecule has 6 unspecified atom stereocenters. The zero-order chi connectivity index (χ0) is 45.2. The fourth-order valence-electron chi connectivity index (χ4n) is 10.5. The van der Waals surface area contributed by atoms with Crippen LogP contribution in [0.3, 0.4) is 0 Å². The van der Waals surface area contributed by atoms with E-state index in [1.54, 1.807) is 35.4 Å². The number of rotatable bonds is 10. The molecule has 0 spiro atoms. The number of H-pyrrole nitrogens is 2. The molecule has 3 fully saturated rings. The van der Waals surface area contributed by atoms with Gasteiger partial charge >= 0.3 is 12.2 Å². The number of amides is 4. The lowest BCUT2D eigenvalue weighted by molar-refractivity contribution is -0.139. The van der Waals surface area contributed by atoms with E-state index < -0.39 is 30.2 Å². The van der Waals surface area contributed by atoms with E-state index in [9.17, 15) is 19.2 Å². The second-order valence-electron chi connectivity index (χ2n) is 18.3. The number of likely N-dealkylation sites (tertiary alicyclic amines) is 2. The number of allylic oxidation sites excluding steroid dienone is 2. The molecule has 4 N–H and O–H groups in total. The maximum Gasteiger partial charge on any atom is 0.407 e. The number of carbonyl (C=O) groups is 4. The molecule has 9 rings (SSSR count). The molecule has 64 heavy (non-hydrogen) atoms. The van der Waals surface area contributed by atoms with Crippen LogP contribution in [0.4, 0.5) is 18.4 Å². The minimum Gasteiger partial charge on any atom is -0.453 e. The number of fused-ring (bicyclic) bond motifs is 6. The van der Waals surface area contributed by atoms with Gasteiger partial charge in [0.25, 0.3) is 5.92 Å². The highest BCUT2D eigenvalue weighted by atomic mass is 19.3. The number of hydrogen-bond acceptors (Lipinski definition) is 8. The van der Waals surface area contributed by atoms with Gasteiger partial charge in [0.15, 0.2) is 0 Å². The summed E-state index contributed by atoms with van der Waals surface area (Å²) >= 11 is 0. The van der Waals surface area contributed by atoms with Gasteiger partial charge in [0.1, 0.15) is 23.7 Å². The van der Waals surface area contributed by atoms with E-state index in [1.807, 2.05) is 56.9 Å². The molecule has 4 heterocycles. The van der Waals surface area contributed by atoms with Crippen molar-refractivity contribution in [1.82, 2.24) is 40.4 Å². The van der Waals surface area contributed by atoms with Crippen molar-refractivity contribution in [2.24, 2.45) is 17.8 Å². The van der Waals surface area contributed by atoms with Crippen molar-refractivity contribution in [2.75, 3.05) is 20.8 Å². The van der Waals surface area contributed by atoms with Crippen LogP contribution in [0.5, 0.6) is 0 Å². The molecule has 3 aliphatic carbocycles. The van der Waals surface area contributed by atoms with E-state index in [2.05, 4.69) is 25.6 Å². The number of ether oxygens (including phenoxy) is 2. The Morgan fingerprint density at radius 1 is 0.828 bits per heavy atom. The number of aromatic amines is 2. The lowest BCUT2D eigenvalue weighted by Crippen LogP contribution is -2.54. The van der Waals surface area contributed by atoms with Crippen molar-refractivity contribution in [3.8, 4) is 22.4 Å². The molecule has 2 saturated heterocycles. The molecular formula is C48H54F2N8O6. The average Bonchev–Trinajstić information content (AvgIpc) is 4.16. The second kappa shape index (κ2) is 16.7. The Labute approximate surface area is 369 Å². The summed E-state index contributed by atoms with van der Waals surface area (Å²) in [7, 11) is 2.53. The van der Waals surface area contributed by atoms with Gasteiger partial charge in [-0.3, -0.25) is 9.59 Å². The first-order chi connectivity index (χ1) is 30.7. The smallest absolute Gasteiger partial charge is 0.407 e. The third kappa shape index (κ3) is 7.43. The number of alkyl carbamates (subject to hydrolysis) is 2. The summed E-state index contributed by atoms with van der Waals surface area (Å²) in [6, 6.07) is 8.12. The van der Waals surface area contributed by atoms with E-state index >= 15 is 8.78 Å². The molecule has 16 heteroatoms. The predicted octanol–water partition coefficient (Wildman–Crippen LogP) is 6.45. The number of halogens is 2. The Morgan fingerprint density at radius 3 is 2.16 bits per heavy atom. The highest BCUT2D eigenvalue weighted by molar-refractivity contribution is 5.92. The zero-order valence-corrected chi connectivity index (χ0v) is 36.8. The van der Waals surface area contributed by atoms with E-state index in [-0.39, 0.29) is 58.8 Å². The molecule has 2 aliphatic heterocycles. The minimum atomic E-state index is -3.29. The van der Waals surface area contributed by atoms with Gasteiger partial charge in [-0.1, -0.05) is 64.1 Å². The first kappa shape index (κ1) is 43.0. The highest BCUT2D eigenvalue weighted by Gasteiger charge is 2.52. The van der Waals surface area contributed by atoms with E-state index in [0.29, 0.717) is 59.0 Å². The molecule has 2 bridgehead atoms. The fraction of sp³-hybridized carbons (Fsp3) is 0.458. The first-order valence-electron chi connectivity index (χ1n) is 22.2. The van der Waals surface area contributed by atoms with Crippen LogP contribution in [-0.2, 0) is 25.0 Å². The topological polar surface area (TPSA) is 175 Å². The minimum absolute atomic E-state index is 0.0452. The molecule has 6 atom stereocenters. The van der Waals surface area contributed by atoms with E-state index in [1.165, 1.54) is 20.3 Å². The van der Waals surface area contributed by atoms with Crippen molar-refractivity contribution in [1.29, 1.82) is 0 Å². The number of methoxy groups -OCH3 is 2. The van der Waals surface area contributed by atoms with Crippen molar-refractivity contribution < 1.29 is 37.4 Å². The quantitative estimate of drug-likeness (QED) is 0.141. The molecule has 14 nitrogen and oxygen atoms in total. The van der Waals surface area contributed by atoms with Gasteiger partial charge in [0, 0.05) is 29.3 Å². The van der Waals surface area contributed by atoms with Crippen LogP contribution in [0.25, 0.3) is 40.1 Å². The SMILES string of the molecule is COC(=O)NC(C(=O)N1CCCC1c1ncc(-c2ccc3c(c2)C(F)(F)c2cc(C4=CCC=c5nc(C6C7CCC(C7)N6C(=O)C(NC(=O)OC)C(C)C)[nH]c5=C4)ccc2-3)[nH]1)C(C)C. The van der Waals surface area contributed by atoms with Crippen LogP contribution < -0.4 is 21.3 Å². The highest BCUT2D eigenvalue weighted by Crippen LogP contribution is 2.53. The molecule has 4 amide bonds. The summed E-state index contributed by atoms with van der Waals surface area (Å²) < 4.78 is 42.9. The number of hydrogen-bond donors (Lipinski definition) is 4. The van der Waals surface area contributed by atoms with Crippen molar-refractivity contribution in [3.05, 3.63) is 87.7 Å². The lowest BCUT2D eigenvalue weighted by Gasteiger charge is -2.37. The first-order valence-corrected chi connectivity index (χ1v) is 22.2. The third-order valence-electron chi connectivity index (χ3n) is 13.7. The molecule has 1 saturated carbocycles. The van der Waals surface area contributed by atoms with Crippen LogP contribution in [-0.4, -0.2) is 92.6 Å². The Kier molecular flexibility index (Phi) is 11.2. The number of nitrogens with one attached hydrogen (secondary N) is 4. The third-order valence-corrected chi connectivity index (χ3v) is 13.7. The van der Waals surface area contributed by atoms with Gasteiger partial charge in [-0.25, -0.2) is 19.6 Å². The van der Waals surface area contributed by atoms with Crippen LogP contribution in [0.15, 0.2) is 48.7 Å². The summed E-state index contributed by atoms with van der Waals surface area (Å²) in [5, 5.41) is 6.87. The Hall–Kier alpha value is -6.32. The maximum atomic E-state index is 16.7. The standard InChI is InChI=1S/C48H54F2N8O6/c1-24(2)39(55-46(61)63-5)44(59)57-18-8-11-38(57)42-51-23-37(54-42)28-14-17-32-31-16-13-27(20-33(31)48(49,50)34(32)21-28)26-9-7-10-35-36(22-26)53-43(52-35)41-29-12-15-30(19-29)58(41)45(60)40(25(3)4)56-47(62)64-6/h9-10,13-14,16-17,20-25,29-30,38-41H,7-8,11-12,15,18-19H2,1-6H3,(H,51,54)(H,52,53)(H,55,61)(H,56,62). The second-order valence-corrected chi connectivity index (χ2v) is 18.3. The number of piperidine rings is 1. The van der Waals surface area contributed by atoms with Crippen molar-refractivity contribution in [3.63, 3.8) is 0 Å². The summed E-state index contributed by atoms with van der Waals surface area (Å²) in [5.41, 5.74) is 3.26. The number of nitrogens with zero attached hydrogens (tertiary/aromatic N) is 4. The van der Waals surface area contributed by atoms with E-state index in [4.69, 9.17) is 14.5 Å². The van der Waals surface area contributed by atoms with Gasteiger partial charge in [-0.15, -0.1) is 0 Å². The summed E-state index contributed by atoms with van der Waals surface area (Å²) in [6.07, 6.45) is 10.9. The molecule has 2 aromatic carbocycles. The van der Waals surface area contributed by atoms with Gasteiger partial charge in [-0.05, 0) is 96.8 Å². The van der Waals surface area contributed by atoms with Crippen LogP contribution in [0, 0.1) is 17.8 Å². The number of alkyl halides is 2. The summed E-state index contributed by atoms with van der Waals surface area (Å²) in [6.45, 7) is 7.99. The summed E-state index contributed by atoms with van der Waals surface area (Å²) in [5.74, 6) is -2.58. The van der Waals surface area contributed by atoms with Crippen LogP contribution in [0.1, 0.15) is 107 Å². The van der Waals surface area contributed by atoms with Gasteiger partial charge in [0.2, 0.25) is 11.8 Å². The van der Waals surface area contributed by atoms with Crippen molar-refractivity contribution in [2.45, 2.75) is 102 Å². The zero-order valence-electron chi connectivity index (χ0n) is 36.8. The Balaban J connectivity index is 0.957. The monoisotopic (exact) mass is 876 g/mol. The maximum absolute atomic E-state index is 16.7. The Bertz CT molecular complexity index is 2690. The molecular weight excluding hydrogens is 823 g/mol. The van der Waals surface area contributed by atoms with Crippen molar-refractivity contribution >= 4 is 41.7 Å². The van der Waals surface area contributed by atoms with Crippen LogP contribution in [0.2, 0.25) is 0 Å². The fourth-order valence-corrected chi connectivity index (χ4v) is 10.5.